The van der Waals surface area contributed by atoms with Gasteiger partial charge in [0.15, 0.2) is 0 Å². The molecule has 4 aromatic rings. The molecule has 0 aliphatic carbocycles. The minimum Gasteiger partial charge on any atom is -0.464 e. The number of aromatic nitrogens is 3. The van der Waals surface area contributed by atoms with Gasteiger partial charge in [-0.15, -0.1) is 11.3 Å². The van der Waals surface area contributed by atoms with Crippen LogP contribution in [0.2, 0.25) is 0 Å². The Morgan fingerprint density at radius 2 is 1.82 bits per heavy atom. The lowest BCUT2D eigenvalue weighted by Crippen LogP contribution is -2.62. The number of amides is 4. The number of thiazole rings is 1. The molecule has 6 heterocycles. The van der Waals surface area contributed by atoms with Crippen LogP contribution in [0.1, 0.15) is 101 Å². The van der Waals surface area contributed by atoms with Gasteiger partial charge in [0.1, 0.15) is 18.1 Å². The van der Waals surface area contributed by atoms with E-state index in [1.54, 1.807) is 28.3 Å². The van der Waals surface area contributed by atoms with Crippen molar-refractivity contribution in [2.24, 2.45) is 11.3 Å². The Morgan fingerprint density at radius 1 is 1.08 bits per heavy atom. The predicted octanol–water partition coefficient (Wildman–Crippen LogP) is 6.65. The van der Waals surface area contributed by atoms with Gasteiger partial charge in [0, 0.05) is 86.8 Å². The fourth-order valence-electron chi connectivity index (χ4n) is 9.81. The maximum Gasteiger partial charge on any atom is 0.324 e. The molecule has 4 atom stereocenters. The summed E-state index contributed by atoms with van der Waals surface area (Å²) in [5.74, 6) is -1.13. The van der Waals surface area contributed by atoms with E-state index in [0.29, 0.717) is 43.3 Å². The largest absolute Gasteiger partial charge is 0.464 e. The van der Waals surface area contributed by atoms with Gasteiger partial charge >= 0.3 is 12.0 Å². The molecule has 6 bridgehead atoms. The van der Waals surface area contributed by atoms with Crippen LogP contribution in [0.4, 0.5) is 4.79 Å². The summed E-state index contributed by atoms with van der Waals surface area (Å²) < 4.78 is 14.5. The predicted molar refractivity (Wildman–Crippen MR) is 254 cm³/mol. The molecule has 3 aromatic heterocycles. The second-order valence-electron chi connectivity index (χ2n) is 19.6. The van der Waals surface area contributed by atoms with Gasteiger partial charge in [-0.25, -0.2) is 15.2 Å². The highest BCUT2D eigenvalue weighted by Crippen LogP contribution is 2.43. The van der Waals surface area contributed by atoms with Gasteiger partial charge in [-0.3, -0.25) is 24.4 Å². The summed E-state index contributed by atoms with van der Waals surface area (Å²) in [6.07, 6.45) is 5.69. The lowest BCUT2D eigenvalue weighted by Gasteiger charge is -2.36. The second-order valence-corrected chi connectivity index (χ2v) is 20.5. The number of hydrogen-bond donors (Lipinski definition) is 2. The van der Waals surface area contributed by atoms with Gasteiger partial charge in [-0.1, -0.05) is 33.8 Å². The number of esters is 1. The number of carbonyl (C=O) groups excluding carboxylic acids is 4. The minimum atomic E-state index is -1.04. The third kappa shape index (κ3) is 10.3. The fraction of sp³-hybridized carbons (Fsp3) is 0.592. The normalized spacial score (nSPS) is 20.9. The number of carbonyl (C=O) groups is 4. The minimum absolute atomic E-state index is 0.109. The number of cyclic esters (lactones) is 1. The van der Waals surface area contributed by atoms with Crippen molar-refractivity contribution in [3.05, 3.63) is 57.7 Å². The van der Waals surface area contributed by atoms with E-state index in [0.717, 1.165) is 70.6 Å². The van der Waals surface area contributed by atoms with Crippen molar-refractivity contribution in [1.82, 2.24) is 45.0 Å². The zero-order valence-electron chi connectivity index (χ0n) is 40.2. The van der Waals surface area contributed by atoms with Gasteiger partial charge < -0.3 is 34.1 Å². The standard InChI is InChI=1S/C49H69N9O6S/c1-12-57-40-16-15-32-22-34(40)36(44(57)35-23-33(26-50-42(35)30(4)63-11)31-17-20-55(9)21-18-31)25-49(5,6)28-64-47(61)37-14-13-19-58(53-37)46(60)38(24-41-51-39(32)27-65-41)52-45(59)43(29(2)3)56(10)48(62)54(7)8/h15-16,22-23,26-27,29-31,37-38,43,53H,12-14,17-21,24-25,28H2,1-11H3,(H,52,59)/t30-,37-,38-,43?/m0/s1. The number of rotatable bonds is 9. The van der Waals surface area contributed by atoms with Gasteiger partial charge in [0.2, 0.25) is 5.91 Å². The number of benzene rings is 1. The van der Waals surface area contributed by atoms with E-state index in [9.17, 15) is 19.2 Å². The molecular formula is C49H69N9O6S. The number of nitrogens with zero attached hydrogens (tertiary/aromatic N) is 7. The Bertz CT molecular complexity index is 2380. The van der Waals surface area contributed by atoms with Crippen molar-refractivity contribution in [3.63, 3.8) is 0 Å². The SMILES string of the molecule is CCn1c(-c2cc(C3CCN(C)CC3)cnc2[C@H](C)OC)c2c3cc(ccc31)-c1csc(n1)C[C@H](NC(=O)C(C(C)C)N(C)C(=O)N(C)C)C(=O)N1CCC[C@H](N1)C(=O)OCC(C)(C)C2. The molecule has 1 aromatic carbocycles. The smallest absolute Gasteiger partial charge is 0.324 e. The Hall–Kier alpha value is -4.90. The molecule has 3 aliphatic rings. The molecule has 3 aliphatic heterocycles. The van der Waals surface area contributed by atoms with Gasteiger partial charge in [0.25, 0.3) is 5.91 Å². The number of hydrazine groups is 1. The Kier molecular flexibility index (Phi) is 14.7. The van der Waals surface area contributed by atoms with Crippen LogP contribution in [0, 0.1) is 11.3 Å². The number of aryl methyl sites for hydroxylation is 1. The van der Waals surface area contributed by atoms with Crippen LogP contribution < -0.4 is 10.7 Å². The third-order valence-corrected chi connectivity index (χ3v) is 14.3. The summed E-state index contributed by atoms with van der Waals surface area (Å²) in [5, 5.41) is 8.20. The van der Waals surface area contributed by atoms with Crippen molar-refractivity contribution in [1.29, 1.82) is 0 Å². The monoisotopic (exact) mass is 912 g/mol. The summed E-state index contributed by atoms with van der Waals surface area (Å²) in [6.45, 7) is 15.5. The molecule has 2 fully saturated rings. The zero-order chi connectivity index (χ0) is 46.9. The van der Waals surface area contributed by atoms with Crippen LogP contribution in [-0.2, 0) is 43.2 Å². The van der Waals surface area contributed by atoms with E-state index in [4.69, 9.17) is 19.4 Å². The topological polar surface area (TPSA) is 154 Å². The molecule has 2 saturated heterocycles. The van der Waals surface area contributed by atoms with E-state index in [1.807, 2.05) is 26.2 Å². The first-order valence-electron chi connectivity index (χ1n) is 23.2. The van der Waals surface area contributed by atoms with Crippen molar-refractivity contribution in [2.75, 3.05) is 61.5 Å². The summed E-state index contributed by atoms with van der Waals surface area (Å²) in [6, 6.07) is 5.87. The van der Waals surface area contributed by atoms with E-state index in [-0.39, 0.29) is 31.1 Å². The van der Waals surface area contributed by atoms with Crippen LogP contribution >= 0.6 is 11.3 Å². The Balaban J connectivity index is 1.35. The maximum atomic E-state index is 14.5. The average Bonchev–Trinajstić information content (AvgIpc) is 3.88. The first kappa shape index (κ1) is 48.0. The van der Waals surface area contributed by atoms with E-state index < -0.39 is 41.3 Å². The Morgan fingerprint density at radius 3 is 2.49 bits per heavy atom. The number of likely N-dealkylation sites (N-methyl/N-ethyl adjacent to an activating group) is 1. The maximum absolute atomic E-state index is 14.5. The van der Waals surface area contributed by atoms with Crippen molar-refractivity contribution >= 4 is 46.1 Å². The number of fused-ring (bicyclic) bond motifs is 6. The van der Waals surface area contributed by atoms with Crippen molar-refractivity contribution in [3.8, 4) is 22.5 Å². The van der Waals surface area contributed by atoms with Crippen molar-refractivity contribution < 1.29 is 28.7 Å². The van der Waals surface area contributed by atoms with E-state index in [1.165, 1.54) is 31.7 Å². The molecule has 0 radical (unpaired) electrons. The molecule has 0 spiro atoms. The molecule has 65 heavy (non-hydrogen) atoms. The van der Waals surface area contributed by atoms with Crippen LogP contribution in [0.5, 0.6) is 0 Å². The summed E-state index contributed by atoms with van der Waals surface area (Å²) in [7, 11) is 8.78. The molecule has 1 unspecified atom stereocenters. The van der Waals surface area contributed by atoms with E-state index >= 15 is 0 Å². The van der Waals surface area contributed by atoms with Crippen LogP contribution in [0.3, 0.4) is 0 Å². The number of nitrogens with one attached hydrogen (secondary N) is 2. The zero-order valence-corrected chi connectivity index (χ0v) is 41.0. The lowest BCUT2D eigenvalue weighted by atomic mass is 9.83. The fourth-order valence-corrected chi connectivity index (χ4v) is 10.7. The number of urea groups is 1. The molecule has 352 valence electrons. The number of hydrogen-bond acceptors (Lipinski definition) is 11. The number of piperidine rings is 1. The van der Waals surface area contributed by atoms with Crippen LogP contribution in [0.15, 0.2) is 35.8 Å². The summed E-state index contributed by atoms with van der Waals surface area (Å²) in [4.78, 5) is 71.2. The third-order valence-electron chi connectivity index (χ3n) is 13.4. The van der Waals surface area contributed by atoms with Gasteiger partial charge in [-0.05, 0) is 107 Å². The average molecular weight is 912 g/mol. The van der Waals surface area contributed by atoms with E-state index in [2.05, 4.69) is 78.5 Å². The van der Waals surface area contributed by atoms with Crippen LogP contribution in [0.25, 0.3) is 33.4 Å². The molecule has 16 heteroatoms. The molecule has 15 nitrogen and oxygen atoms in total. The molecule has 2 N–H and O–H groups in total. The lowest BCUT2D eigenvalue weighted by molar-refractivity contribution is -0.155. The molecule has 0 saturated carbocycles. The quantitative estimate of drug-likeness (QED) is 0.175. The highest BCUT2D eigenvalue weighted by atomic mass is 32.1. The highest BCUT2D eigenvalue weighted by Gasteiger charge is 2.38. The number of pyridine rings is 1. The first-order chi connectivity index (χ1) is 30.9. The summed E-state index contributed by atoms with van der Waals surface area (Å²) in [5.41, 5.74) is 10.8. The van der Waals surface area contributed by atoms with Crippen molar-refractivity contribution in [2.45, 2.75) is 117 Å². The molecule has 7 rings (SSSR count). The first-order valence-corrected chi connectivity index (χ1v) is 24.1. The number of ether oxygens (including phenoxy) is 2. The second kappa shape index (κ2) is 19.9. The summed E-state index contributed by atoms with van der Waals surface area (Å²) >= 11 is 1.43. The number of methoxy groups -OCH3 is 1. The van der Waals surface area contributed by atoms with Crippen LogP contribution in [-0.4, -0.2) is 138 Å². The molecular weight excluding hydrogens is 843 g/mol. The van der Waals surface area contributed by atoms with Gasteiger partial charge in [-0.2, -0.15) is 0 Å². The highest BCUT2D eigenvalue weighted by molar-refractivity contribution is 7.10. The number of likely N-dealkylation sites (tertiary alicyclic amines) is 1. The molecule has 4 amide bonds. The Labute approximate surface area is 388 Å². The van der Waals surface area contributed by atoms with Gasteiger partial charge in [0.05, 0.1) is 34.8 Å².